The van der Waals surface area contributed by atoms with Crippen LogP contribution in [0.15, 0.2) is 23.0 Å². The predicted octanol–water partition coefficient (Wildman–Crippen LogP) is 1.62. The lowest BCUT2D eigenvalue weighted by Gasteiger charge is -2.14. The van der Waals surface area contributed by atoms with Crippen LogP contribution in [-0.4, -0.2) is 54.9 Å². The summed E-state index contributed by atoms with van der Waals surface area (Å²) in [4.78, 5) is 33.2. The molecule has 2 aliphatic rings. The van der Waals surface area contributed by atoms with Crippen molar-refractivity contribution >= 4 is 45.7 Å². The highest BCUT2D eigenvalue weighted by Crippen LogP contribution is 2.30. The Kier molecular flexibility index (Phi) is 4.55. The van der Waals surface area contributed by atoms with Crippen molar-refractivity contribution in [3.05, 3.63) is 34.2 Å². The summed E-state index contributed by atoms with van der Waals surface area (Å²) in [6.07, 6.45) is 4.35. The van der Waals surface area contributed by atoms with Crippen LogP contribution in [0.2, 0.25) is 0 Å². The first kappa shape index (κ1) is 17.3. The van der Waals surface area contributed by atoms with Gasteiger partial charge in [-0.3, -0.25) is 9.39 Å². The minimum absolute atomic E-state index is 0.0452. The number of hydrogen-bond acceptors (Lipinski definition) is 7. The highest BCUT2D eigenvalue weighted by atomic mass is 32.2. The number of thioether (sulfide) groups is 1. The van der Waals surface area contributed by atoms with Crippen molar-refractivity contribution in [2.45, 2.75) is 24.7 Å². The third kappa shape index (κ3) is 3.15. The number of nitrogens with zero attached hydrogens (tertiary/aromatic N) is 3. The number of aliphatic carboxylic acids is 2. The zero-order valence-corrected chi connectivity index (χ0v) is 15.2. The summed E-state index contributed by atoms with van der Waals surface area (Å²) in [5, 5.41) is 18.2. The van der Waals surface area contributed by atoms with Crippen LogP contribution in [0.3, 0.4) is 0 Å². The molecule has 0 amide bonds. The first-order chi connectivity index (χ1) is 12.5. The minimum atomic E-state index is -1.13. The van der Waals surface area contributed by atoms with Gasteiger partial charge in [-0.1, -0.05) is 11.3 Å². The summed E-state index contributed by atoms with van der Waals surface area (Å²) in [6, 6.07) is 0. The molecule has 136 valence electrons. The molecule has 2 aliphatic heterocycles. The number of carboxylic acids is 2. The quantitative estimate of drug-likeness (QED) is 0.811. The number of rotatable bonds is 4. The van der Waals surface area contributed by atoms with E-state index in [9.17, 15) is 14.7 Å². The van der Waals surface area contributed by atoms with E-state index in [0.717, 1.165) is 23.3 Å². The van der Waals surface area contributed by atoms with Crippen LogP contribution in [0.1, 0.15) is 16.3 Å². The van der Waals surface area contributed by atoms with Crippen molar-refractivity contribution in [2.24, 2.45) is 4.99 Å². The van der Waals surface area contributed by atoms with Gasteiger partial charge in [0.05, 0.1) is 29.4 Å². The maximum absolute atomic E-state index is 11.6. The lowest BCUT2D eigenvalue weighted by Crippen LogP contribution is -2.20. The predicted molar refractivity (Wildman–Crippen MR) is 97.2 cm³/mol. The topological polar surface area (TPSA) is 113 Å². The van der Waals surface area contributed by atoms with Gasteiger partial charge in [-0.05, 0) is 0 Å². The molecule has 10 heteroatoms. The molecule has 0 saturated heterocycles. The number of carbonyl (C=O) groups is 2. The molecule has 4 heterocycles. The zero-order valence-electron chi connectivity index (χ0n) is 13.5. The van der Waals surface area contributed by atoms with Gasteiger partial charge >= 0.3 is 11.9 Å². The van der Waals surface area contributed by atoms with Crippen molar-refractivity contribution in [1.82, 2.24) is 9.38 Å². The van der Waals surface area contributed by atoms with E-state index in [1.165, 1.54) is 22.3 Å². The van der Waals surface area contributed by atoms with Gasteiger partial charge in [0, 0.05) is 41.9 Å². The van der Waals surface area contributed by atoms with Crippen LogP contribution in [0, 0.1) is 0 Å². The Morgan fingerprint density at radius 1 is 1.35 bits per heavy atom. The van der Waals surface area contributed by atoms with Gasteiger partial charge < -0.3 is 14.9 Å². The van der Waals surface area contributed by atoms with Crippen molar-refractivity contribution in [3.8, 4) is 0 Å². The molecule has 2 N–H and O–H groups in total. The standard InChI is InChI=1S/C16H15N3O5S2/c20-14(21)9-4-17-10(15(22)23)7-25-12(9)3-8-5-19-11-1-2-24-6-13(11)26-16(19)18-8/h4-5,12H,1-3,6-7H2,(H,20,21)(H,22,23). The molecule has 0 aliphatic carbocycles. The summed E-state index contributed by atoms with van der Waals surface area (Å²) < 4.78 is 7.52. The average molecular weight is 393 g/mol. The maximum atomic E-state index is 11.6. The van der Waals surface area contributed by atoms with E-state index in [4.69, 9.17) is 9.84 Å². The number of fused-ring (bicyclic) bond motifs is 3. The molecule has 26 heavy (non-hydrogen) atoms. The molecule has 4 rings (SSSR count). The van der Waals surface area contributed by atoms with E-state index < -0.39 is 17.2 Å². The molecule has 8 nitrogen and oxygen atoms in total. The molecule has 0 saturated carbocycles. The Hall–Kier alpha value is -2.17. The Balaban J connectivity index is 1.60. The monoisotopic (exact) mass is 393 g/mol. The van der Waals surface area contributed by atoms with E-state index in [0.29, 0.717) is 19.6 Å². The van der Waals surface area contributed by atoms with Crippen LogP contribution in [0.5, 0.6) is 0 Å². The van der Waals surface area contributed by atoms with E-state index >= 15 is 0 Å². The highest BCUT2D eigenvalue weighted by molar-refractivity contribution is 8.00. The fourth-order valence-corrected chi connectivity index (χ4v) is 5.28. The van der Waals surface area contributed by atoms with Gasteiger partial charge in [-0.2, -0.15) is 0 Å². The number of ether oxygens (including phenoxy) is 1. The van der Waals surface area contributed by atoms with Gasteiger partial charge in [0.2, 0.25) is 0 Å². The molecule has 2 aromatic rings. The number of thiazole rings is 1. The lowest BCUT2D eigenvalue weighted by molar-refractivity contribution is -0.133. The smallest absolute Gasteiger partial charge is 0.351 e. The van der Waals surface area contributed by atoms with E-state index in [1.807, 2.05) is 6.20 Å². The normalized spacial score (nSPS) is 20.2. The summed E-state index contributed by atoms with van der Waals surface area (Å²) in [7, 11) is 0. The summed E-state index contributed by atoms with van der Waals surface area (Å²) in [6.45, 7) is 1.30. The fourth-order valence-electron chi connectivity index (χ4n) is 2.99. The second kappa shape index (κ2) is 6.86. The fraction of sp³-hybridized carbons (Fsp3) is 0.375. The third-order valence-electron chi connectivity index (χ3n) is 4.28. The molecule has 0 aromatic carbocycles. The van der Waals surface area contributed by atoms with Gasteiger partial charge in [-0.15, -0.1) is 11.8 Å². The van der Waals surface area contributed by atoms with Crippen molar-refractivity contribution < 1.29 is 24.5 Å². The van der Waals surface area contributed by atoms with Crippen LogP contribution in [0.25, 0.3) is 4.96 Å². The van der Waals surface area contributed by atoms with Crippen molar-refractivity contribution in [1.29, 1.82) is 0 Å². The Morgan fingerprint density at radius 3 is 2.96 bits per heavy atom. The van der Waals surface area contributed by atoms with E-state index in [-0.39, 0.29) is 17.0 Å². The van der Waals surface area contributed by atoms with E-state index in [2.05, 4.69) is 14.4 Å². The highest BCUT2D eigenvalue weighted by Gasteiger charge is 2.27. The van der Waals surface area contributed by atoms with Gasteiger partial charge in [0.1, 0.15) is 5.71 Å². The molecule has 0 radical (unpaired) electrons. The first-order valence-electron chi connectivity index (χ1n) is 7.94. The molecular formula is C16H15N3O5S2. The second-order valence-corrected chi connectivity index (χ2v) is 8.19. The number of carboxylic acid groups (broad SMARTS) is 2. The summed E-state index contributed by atoms with van der Waals surface area (Å²) in [5.41, 5.74) is 2.04. The Labute approximate surface area is 156 Å². The number of hydrogen-bond donors (Lipinski definition) is 2. The van der Waals surface area contributed by atoms with Crippen molar-refractivity contribution in [2.75, 3.05) is 12.4 Å². The Bertz CT molecular complexity index is 959. The third-order valence-corrected chi connectivity index (χ3v) is 6.62. The second-order valence-electron chi connectivity index (χ2n) is 5.93. The molecule has 1 atom stereocenters. The maximum Gasteiger partial charge on any atom is 0.351 e. The number of imidazole rings is 1. The lowest BCUT2D eigenvalue weighted by atomic mass is 10.1. The molecule has 1 unspecified atom stereocenters. The summed E-state index contributed by atoms with van der Waals surface area (Å²) in [5.74, 6) is -2.06. The summed E-state index contributed by atoms with van der Waals surface area (Å²) >= 11 is 2.85. The SMILES string of the molecule is O=C(O)C1=CN=C(C(=O)O)CSC1Cc1cn2c3c(sc2n1)COCC3. The molecular weight excluding hydrogens is 378 g/mol. The average Bonchev–Trinajstić information content (AvgIpc) is 3.04. The largest absolute Gasteiger partial charge is 0.478 e. The van der Waals surface area contributed by atoms with Gasteiger partial charge in [0.25, 0.3) is 0 Å². The van der Waals surface area contributed by atoms with Crippen molar-refractivity contribution in [3.63, 3.8) is 0 Å². The molecule has 0 fully saturated rings. The van der Waals surface area contributed by atoms with Crippen LogP contribution in [-0.2, 0) is 33.8 Å². The first-order valence-corrected chi connectivity index (χ1v) is 9.80. The minimum Gasteiger partial charge on any atom is -0.478 e. The number of aromatic nitrogens is 2. The molecule has 0 spiro atoms. The van der Waals surface area contributed by atoms with Crippen LogP contribution in [0.4, 0.5) is 0 Å². The van der Waals surface area contributed by atoms with E-state index in [1.54, 1.807) is 11.3 Å². The number of aliphatic imine (C=N–C) groups is 1. The molecule has 2 aromatic heterocycles. The van der Waals surface area contributed by atoms with Gasteiger partial charge in [0.15, 0.2) is 4.96 Å². The molecule has 0 bridgehead atoms. The van der Waals surface area contributed by atoms with Gasteiger partial charge in [-0.25, -0.2) is 14.6 Å². The Morgan fingerprint density at radius 2 is 2.19 bits per heavy atom. The van der Waals surface area contributed by atoms with Crippen LogP contribution >= 0.6 is 23.1 Å². The van der Waals surface area contributed by atoms with Crippen LogP contribution < -0.4 is 0 Å². The zero-order chi connectivity index (χ0) is 18.3.